The van der Waals surface area contributed by atoms with Crippen molar-refractivity contribution in [1.82, 2.24) is 5.32 Å². The van der Waals surface area contributed by atoms with Crippen LogP contribution in [0.4, 0.5) is 5.69 Å². The van der Waals surface area contributed by atoms with Crippen molar-refractivity contribution in [2.24, 2.45) is 0 Å². The first-order valence-electron chi connectivity index (χ1n) is 5.50. The van der Waals surface area contributed by atoms with E-state index in [4.69, 9.17) is 0 Å². The first kappa shape index (κ1) is 12.4. The molecule has 16 heavy (non-hydrogen) atoms. The molecule has 0 aromatic heterocycles. The highest BCUT2D eigenvalue weighted by atomic mass is 14.9. The van der Waals surface area contributed by atoms with Crippen LogP contribution >= 0.6 is 0 Å². The average molecular weight is 216 g/mol. The smallest absolute Gasteiger partial charge is 0.0381 e. The fourth-order valence-corrected chi connectivity index (χ4v) is 1.62. The molecule has 0 aliphatic rings. The third-order valence-corrected chi connectivity index (χ3v) is 2.14. The Morgan fingerprint density at radius 2 is 1.88 bits per heavy atom. The summed E-state index contributed by atoms with van der Waals surface area (Å²) in [5.74, 6) is 0. The van der Waals surface area contributed by atoms with E-state index in [0.717, 1.165) is 23.5 Å². The highest BCUT2D eigenvalue weighted by molar-refractivity contribution is 5.47. The van der Waals surface area contributed by atoms with Gasteiger partial charge in [-0.25, -0.2) is 0 Å². The quantitative estimate of drug-likeness (QED) is 0.760. The summed E-state index contributed by atoms with van der Waals surface area (Å²) in [6.45, 7) is 11.9. The number of anilines is 1. The molecule has 1 aromatic rings. The summed E-state index contributed by atoms with van der Waals surface area (Å²) >= 11 is 0. The molecule has 1 atom stereocenters. The number of benzene rings is 1. The summed E-state index contributed by atoms with van der Waals surface area (Å²) in [5, 5.41) is 6.55. The lowest BCUT2D eigenvalue weighted by Gasteiger charge is -2.17. The molecule has 0 amide bonds. The Balaban J connectivity index is 2.39. The van der Waals surface area contributed by atoms with Crippen LogP contribution < -0.4 is 10.6 Å². The lowest BCUT2D eigenvalue weighted by molar-refractivity contribution is 0.611. The largest absolute Gasteiger partial charge is 0.386 e. The number of para-hydroxylation sites is 1. The van der Waals surface area contributed by atoms with E-state index in [9.17, 15) is 0 Å². The van der Waals surface area contributed by atoms with Gasteiger partial charge >= 0.3 is 0 Å². The van der Waals surface area contributed by atoms with E-state index in [0.29, 0.717) is 6.04 Å². The van der Waals surface area contributed by atoms with Gasteiger partial charge in [0.05, 0.1) is 0 Å². The minimum Gasteiger partial charge on any atom is -0.386 e. The molecule has 0 radical (unpaired) electrons. The monoisotopic (exact) mass is 216 g/mol. The topological polar surface area (TPSA) is 24.1 Å². The zero-order valence-corrected chi connectivity index (χ0v) is 10.1. The molecule has 0 aliphatic carbocycles. The van der Waals surface area contributed by atoms with Crippen LogP contribution in [-0.4, -0.2) is 6.04 Å². The van der Waals surface area contributed by atoms with Crippen LogP contribution in [0.3, 0.4) is 0 Å². The second-order valence-corrected chi connectivity index (χ2v) is 4.12. The van der Waals surface area contributed by atoms with Gasteiger partial charge in [-0.15, -0.1) is 0 Å². The van der Waals surface area contributed by atoms with Gasteiger partial charge in [-0.2, -0.15) is 0 Å². The SMILES string of the molecule is C=C(C)NC(C)CC(=C)Nc1ccccc1. The molecule has 0 fully saturated rings. The molecule has 0 bridgehead atoms. The van der Waals surface area contributed by atoms with Crippen LogP contribution in [0.1, 0.15) is 20.3 Å². The first-order chi connectivity index (χ1) is 7.58. The standard InChI is InChI=1S/C14H20N2/c1-11(2)15-12(3)10-13(4)16-14-8-6-5-7-9-14/h5-9,12,15-16H,1,4,10H2,2-3H3. The maximum Gasteiger partial charge on any atom is 0.0381 e. The third kappa shape index (κ3) is 4.69. The van der Waals surface area contributed by atoms with Crippen molar-refractivity contribution in [3.8, 4) is 0 Å². The summed E-state index contributed by atoms with van der Waals surface area (Å²) in [7, 11) is 0. The van der Waals surface area contributed by atoms with Gasteiger partial charge in [0.2, 0.25) is 0 Å². The fourth-order valence-electron chi connectivity index (χ4n) is 1.62. The minimum atomic E-state index is 0.348. The van der Waals surface area contributed by atoms with Crippen LogP contribution in [0.25, 0.3) is 0 Å². The molecule has 0 saturated heterocycles. The van der Waals surface area contributed by atoms with E-state index in [1.54, 1.807) is 0 Å². The van der Waals surface area contributed by atoms with E-state index in [1.165, 1.54) is 0 Å². The zero-order valence-electron chi connectivity index (χ0n) is 10.1. The lowest BCUT2D eigenvalue weighted by atomic mass is 10.2. The molecular weight excluding hydrogens is 196 g/mol. The number of hydrogen-bond donors (Lipinski definition) is 2. The van der Waals surface area contributed by atoms with Crippen LogP contribution in [0.2, 0.25) is 0 Å². The Bertz CT molecular complexity index is 354. The van der Waals surface area contributed by atoms with Gasteiger partial charge in [0.15, 0.2) is 0 Å². The van der Waals surface area contributed by atoms with Gasteiger partial charge in [0.1, 0.15) is 0 Å². The predicted molar refractivity (Wildman–Crippen MR) is 71.2 cm³/mol. The van der Waals surface area contributed by atoms with Crippen molar-refractivity contribution in [1.29, 1.82) is 0 Å². The molecule has 0 saturated carbocycles. The summed E-state index contributed by atoms with van der Waals surface area (Å²) in [6.07, 6.45) is 0.877. The van der Waals surface area contributed by atoms with Crippen molar-refractivity contribution in [2.75, 3.05) is 5.32 Å². The Labute approximate surface area is 98.1 Å². The van der Waals surface area contributed by atoms with E-state index >= 15 is 0 Å². The Kier molecular flexibility index (Phi) is 4.65. The molecule has 0 spiro atoms. The van der Waals surface area contributed by atoms with E-state index in [-0.39, 0.29) is 0 Å². The van der Waals surface area contributed by atoms with Gasteiger partial charge < -0.3 is 10.6 Å². The first-order valence-corrected chi connectivity index (χ1v) is 5.50. The highest BCUT2D eigenvalue weighted by Crippen LogP contribution is 2.11. The number of allylic oxidation sites excluding steroid dienone is 1. The van der Waals surface area contributed by atoms with Gasteiger partial charge in [0.25, 0.3) is 0 Å². The summed E-state index contributed by atoms with van der Waals surface area (Å²) in [6, 6.07) is 10.4. The molecule has 2 N–H and O–H groups in total. The summed E-state index contributed by atoms with van der Waals surface area (Å²) in [5.41, 5.74) is 3.07. The Morgan fingerprint density at radius 1 is 1.25 bits per heavy atom. The Hall–Kier alpha value is -1.70. The van der Waals surface area contributed by atoms with Crippen LogP contribution in [-0.2, 0) is 0 Å². The second-order valence-electron chi connectivity index (χ2n) is 4.12. The fraction of sp³-hybridized carbons (Fsp3) is 0.286. The maximum absolute atomic E-state index is 4.02. The zero-order chi connectivity index (χ0) is 12.0. The molecule has 2 heteroatoms. The normalized spacial score (nSPS) is 11.6. The maximum atomic E-state index is 4.02. The Morgan fingerprint density at radius 3 is 2.44 bits per heavy atom. The van der Waals surface area contributed by atoms with Crippen molar-refractivity contribution < 1.29 is 0 Å². The second kappa shape index (κ2) is 6.01. The number of hydrogen-bond acceptors (Lipinski definition) is 2. The van der Waals surface area contributed by atoms with Crippen LogP contribution in [0, 0.1) is 0 Å². The molecule has 1 unspecified atom stereocenters. The van der Waals surface area contributed by atoms with Crippen LogP contribution in [0.5, 0.6) is 0 Å². The number of rotatable bonds is 6. The van der Waals surface area contributed by atoms with Crippen molar-refractivity contribution in [3.63, 3.8) is 0 Å². The lowest BCUT2D eigenvalue weighted by Crippen LogP contribution is -2.25. The van der Waals surface area contributed by atoms with Crippen molar-refractivity contribution in [3.05, 3.63) is 54.9 Å². The summed E-state index contributed by atoms with van der Waals surface area (Å²) in [4.78, 5) is 0. The van der Waals surface area contributed by atoms with E-state index < -0.39 is 0 Å². The van der Waals surface area contributed by atoms with Crippen molar-refractivity contribution in [2.45, 2.75) is 26.3 Å². The van der Waals surface area contributed by atoms with Gasteiger partial charge in [0, 0.05) is 29.5 Å². The van der Waals surface area contributed by atoms with E-state index in [1.807, 2.05) is 37.3 Å². The molecule has 86 valence electrons. The van der Waals surface area contributed by atoms with Gasteiger partial charge in [-0.1, -0.05) is 31.4 Å². The van der Waals surface area contributed by atoms with Crippen LogP contribution in [0.15, 0.2) is 54.9 Å². The van der Waals surface area contributed by atoms with Crippen molar-refractivity contribution >= 4 is 5.69 Å². The predicted octanol–water partition coefficient (Wildman–Crippen LogP) is 3.51. The minimum absolute atomic E-state index is 0.348. The molecule has 1 rings (SSSR count). The molecule has 1 aromatic carbocycles. The third-order valence-electron chi connectivity index (χ3n) is 2.14. The highest BCUT2D eigenvalue weighted by Gasteiger charge is 2.03. The number of nitrogens with one attached hydrogen (secondary N) is 2. The molecule has 0 heterocycles. The van der Waals surface area contributed by atoms with Gasteiger partial charge in [-0.3, -0.25) is 0 Å². The average Bonchev–Trinajstić information content (AvgIpc) is 2.17. The summed E-state index contributed by atoms with van der Waals surface area (Å²) < 4.78 is 0. The van der Waals surface area contributed by atoms with Gasteiger partial charge in [-0.05, 0) is 26.0 Å². The molecule has 0 aliphatic heterocycles. The molecular formula is C14H20N2. The molecule has 2 nitrogen and oxygen atoms in total. The van der Waals surface area contributed by atoms with E-state index in [2.05, 4.69) is 30.7 Å².